The van der Waals surface area contributed by atoms with Crippen molar-refractivity contribution >= 4 is 18.5 Å². The molecule has 0 spiro atoms. The Morgan fingerprint density at radius 3 is 2.65 bits per heavy atom. The molecule has 162 valence electrons. The minimum atomic E-state index is -4.66. The fourth-order valence-electron chi connectivity index (χ4n) is 4.00. The van der Waals surface area contributed by atoms with Gasteiger partial charge in [-0.3, -0.25) is 9.79 Å². The Morgan fingerprint density at radius 1 is 1.10 bits per heavy atom. The summed E-state index contributed by atoms with van der Waals surface area (Å²) >= 11 is 0. The Bertz CT molecular complexity index is 1050. The number of hydrogen-bond donors (Lipinski definition) is 0. The summed E-state index contributed by atoms with van der Waals surface area (Å²) in [7, 11) is 0. The lowest BCUT2D eigenvalue weighted by Gasteiger charge is -2.16. The zero-order valence-electron chi connectivity index (χ0n) is 16.7. The second-order valence-electron chi connectivity index (χ2n) is 7.80. The van der Waals surface area contributed by atoms with Crippen LogP contribution >= 0.6 is 0 Å². The van der Waals surface area contributed by atoms with E-state index in [9.17, 15) is 22.4 Å². The minimum Gasteiger partial charge on any atom is -0.334 e. The Labute approximate surface area is 177 Å². The van der Waals surface area contributed by atoms with Crippen LogP contribution < -0.4 is 0 Å². The first-order chi connectivity index (χ1) is 14.8. The molecule has 4 rings (SSSR count). The van der Waals surface area contributed by atoms with Gasteiger partial charge in [0.25, 0.3) is 0 Å². The lowest BCUT2D eigenvalue weighted by atomic mass is 9.96. The molecular weight excluding hydrogens is 410 g/mol. The van der Waals surface area contributed by atoms with E-state index in [1.165, 1.54) is 6.34 Å². The van der Waals surface area contributed by atoms with Crippen LogP contribution in [0.15, 0.2) is 46.4 Å². The van der Waals surface area contributed by atoms with Crippen molar-refractivity contribution in [3.8, 4) is 11.1 Å². The topological polar surface area (TPSA) is 45.0 Å². The van der Waals surface area contributed by atoms with E-state index in [-0.39, 0.29) is 17.5 Å². The van der Waals surface area contributed by atoms with Gasteiger partial charge in [-0.05, 0) is 53.3 Å². The zero-order valence-corrected chi connectivity index (χ0v) is 16.7. The van der Waals surface area contributed by atoms with Crippen LogP contribution in [0.1, 0.15) is 42.4 Å². The summed E-state index contributed by atoms with van der Waals surface area (Å²) in [6.45, 7) is 0.803. The zero-order chi connectivity index (χ0) is 22.0. The van der Waals surface area contributed by atoms with Crippen LogP contribution in [0, 0.1) is 5.82 Å². The third kappa shape index (κ3) is 4.84. The van der Waals surface area contributed by atoms with Gasteiger partial charge in [-0.25, -0.2) is 9.38 Å². The van der Waals surface area contributed by atoms with E-state index >= 15 is 0 Å². The number of amides is 1. The highest BCUT2D eigenvalue weighted by Gasteiger charge is 2.34. The van der Waals surface area contributed by atoms with Crippen molar-refractivity contribution in [2.24, 2.45) is 9.98 Å². The maximum Gasteiger partial charge on any atom is 0.417 e. The van der Waals surface area contributed by atoms with Crippen LogP contribution in [0.3, 0.4) is 0 Å². The summed E-state index contributed by atoms with van der Waals surface area (Å²) in [6, 6.07) is 7.87. The molecule has 2 aromatic rings. The lowest BCUT2D eigenvalue weighted by molar-refractivity contribution is -0.137. The molecule has 2 aliphatic heterocycles. The van der Waals surface area contributed by atoms with Crippen molar-refractivity contribution in [3.63, 3.8) is 0 Å². The summed E-state index contributed by atoms with van der Waals surface area (Å²) in [5, 5.41) is 0. The second kappa shape index (κ2) is 8.61. The molecule has 0 N–H and O–H groups in total. The van der Waals surface area contributed by atoms with Gasteiger partial charge in [-0.2, -0.15) is 13.2 Å². The summed E-state index contributed by atoms with van der Waals surface area (Å²) < 4.78 is 53.5. The summed E-state index contributed by atoms with van der Waals surface area (Å²) in [5.41, 5.74) is 1.02. The van der Waals surface area contributed by atoms with E-state index in [0.717, 1.165) is 42.5 Å². The van der Waals surface area contributed by atoms with Gasteiger partial charge in [-0.1, -0.05) is 18.2 Å². The summed E-state index contributed by atoms with van der Waals surface area (Å²) in [4.78, 5) is 22.5. The molecule has 0 saturated heterocycles. The molecule has 1 amide bonds. The van der Waals surface area contributed by atoms with Gasteiger partial charge in [0.1, 0.15) is 12.2 Å². The molecule has 0 fully saturated rings. The SMILES string of the molecule is O=C(CCCC1CC=NC=N1)N1Cc2ccc(-c3ccc(F)cc3C(F)(F)F)cc2C1. The molecule has 1 unspecified atom stereocenters. The largest absolute Gasteiger partial charge is 0.417 e. The van der Waals surface area contributed by atoms with Gasteiger partial charge in [0.05, 0.1) is 11.6 Å². The van der Waals surface area contributed by atoms with E-state index < -0.39 is 17.6 Å². The number of hydrogen-bond acceptors (Lipinski definition) is 3. The number of alkyl halides is 3. The van der Waals surface area contributed by atoms with Crippen molar-refractivity contribution in [2.45, 2.75) is 51.0 Å². The monoisotopic (exact) mass is 431 g/mol. The predicted octanol–water partition coefficient (Wildman–Crippen LogP) is 5.40. The fourth-order valence-corrected chi connectivity index (χ4v) is 4.00. The van der Waals surface area contributed by atoms with E-state index in [2.05, 4.69) is 9.98 Å². The Hall–Kier alpha value is -3.03. The van der Waals surface area contributed by atoms with Crippen LogP contribution in [0.4, 0.5) is 17.6 Å². The number of rotatable bonds is 5. The molecule has 2 aromatic carbocycles. The highest BCUT2D eigenvalue weighted by atomic mass is 19.4. The van der Waals surface area contributed by atoms with Gasteiger partial charge < -0.3 is 4.90 Å². The number of fused-ring (bicyclic) bond motifs is 1. The quantitative estimate of drug-likeness (QED) is 0.585. The van der Waals surface area contributed by atoms with Crippen molar-refractivity contribution in [3.05, 3.63) is 58.9 Å². The average molecular weight is 431 g/mol. The molecule has 0 aromatic heterocycles. The number of nitrogens with zero attached hydrogens (tertiary/aromatic N) is 3. The molecule has 2 aliphatic rings. The van der Waals surface area contributed by atoms with Gasteiger partial charge in [0.2, 0.25) is 5.91 Å². The molecule has 1 atom stereocenters. The second-order valence-corrected chi connectivity index (χ2v) is 7.80. The van der Waals surface area contributed by atoms with Crippen LogP contribution in [0.2, 0.25) is 0 Å². The molecular formula is C23H21F4N3O. The standard InChI is InChI=1S/C23H21F4N3O/c24-18-6-7-20(21(11-18)23(25,26)27)15-4-5-16-12-30(13-17(16)10-15)22(31)3-1-2-19-8-9-28-14-29-19/h4-7,9-11,14,19H,1-3,8,12-13H2. The van der Waals surface area contributed by atoms with E-state index in [4.69, 9.17) is 0 Å². The predicted molar refractivity (Wildman–Crippen MR) is 110 cm³/mol. The first kappa shape index (κ1) is 21.2. The molecule has 8 heteroatoms. The van der Waals surface area contributed by atoms with Crippen LogP contribution in [-0.4, -0.2) is 29.4 Å². The van der Waals surface area contributed by atoms with E-state index in [0.29, 0.717) is 31.1 Å². The highest BCUT2D eigenvalue weighted by molar-refractivity contribution is 5.78. The Kier molecular flexibility index (Phi) is 5.89. The summed E-state index contributed by atoms with van der Waals surface area (Å²) in [5.74, 6) is -0.913. The van der Waals surface area contributed by atoms with Crippen molar-refractivity contribution < 1.29 is 22.4 Å². The normalized spacial score (nSPS) is 17.8. The van der Waals surface area contributed by atoms with Crippen LogP contribution in [0.25, 0.3) is 11.1 Å². The molecule has 0 bridgehead atoms. The van der Waals surface area contributed by atoms with Gasteiger partial charge in [0.15, 0.2) is 0 Å². The molecule has 31 heavy (non-hydrogen) atoms. The number of carbonyl (C=O) groups excluding carboxylic acids is 1. The Morgan fingerprint density at radius 2 is 1.90 bits per heavy atom. The Balaban J connectivity index is 1.43. The first-order valence-corrected chi connectivity index (χ1v) is 10.1. The number of aliphatic imine (C=N–C) groups is 2. The van der Waals surface area contributed by atoms with E-state index in [1.807, 2.05) is 6.21 Å². The minimum absolute atomic E-state index is 0.0176. The number of halogens is 4. The van der Waals surface area contributed by atoms with Crippen LogP contribution in [0.5, 0.6) is 0 Å². The van der Waals surface area contributed by atoms with Crippen molar-refractivity contribution in [2.75, 3.05) is 0 Å². The smallest absolute Gasteiger partial charge is 0.334 e. The highest BCUT2D eigenvalue weighted by Crippen LogP contribution is 2.39. The van der Waals surface area contributed by atoms with Crippen molar-refractivity contribution in [1.29, 1.82) is 0 Å². The average Bonchev–Trinajstić information content (AvgIpc) is 3.17. The number of carbonyl (C=O) groups is 1. The van der Waals surface area contributed by atoms with E-state index in [1.54, 1.807) is 23.1 Å². The first-order valence-electron chi connectivity index (χ1n) is 10.1. The third-order valence-electron chi connectivity index (χ3n) is 5.63. The molecule has 2 heterocycles. The van der Waals surface area contributed by atoms with Gasteiger partial charge in [0, 0.05) is 32.1 Å². The molecule has 4 nitrogen and oxygen atoms in total. The molecule has 0 radical (unpaired) electrons. The maximum atomic E-state index is 13.4. The van der Waals surface area contributed by atoms with Crippen LogP contribution in [-0.2, 0) is 24.1 Å². The number of benzene rings is 2. The maximum absolute atomic E-state index is 13.4. The lowest BCUT2D eigenvalue weighted by Crippen LogP contribution is -2.25. The van der Waals surface area contributed by atoms with Crippen molar-refractivity contribution in [1.82, 2.24) is 4.90 Å². The molecule has 0 saturated carbocycles. The summed E-state index contributed by atoms with van der Waals surface area (Å²) in [6.07, 6.45) is 1.41. The van der Waals surface area contributed by atoms with Gasteiger partial charge >= 0.3 is 6.18 Å². The van der Waals surface area contributed by atoms with Gasteiger partial charge in [-0.15, -0.1) is 0 Å². The third-order valence-corrected chi connectivity index (χ3v) is 5.63. The molecule has 0 aliphatic carbocycles. The fraction of sp³-hybridized carbons (Fsp3) is 0.348.